The summed E-state index contributed by atoms with van der Waals surface area (Å²) in [5, 5.41) is 21.6. The van der Waals surface area contributed by atoms with Crippen LogP contribution in [0.2, 0.25) is 0 Å². The van der Waals surface area contributed by atoms with E-state index in [0.717, 1.165) is 0 Å². The van der Waals surface area contributed by atoms with Gasteiger partial charge < -0.3 is 10.4 Å². The zero-order valence-electron chi connectivity index (χ0n) is 10.0. The molecule has 1 rings (SSSR count). The van der Waals surface area contributed by atoms with E-state index in [4.69, 9.17) is 5.11 Å². The molecule has 1 aromatic rings. The molecular weight excluding hydrogens is 262 g/mol. The number of aliphatic hydroxyl groups is 1. The maximum Gasteiger partial charge on any atom is 0.305 e. The van der Waals surface area contributed by atoms with Crippen molar-refractivity contribution in [1.82, 2.24) is 5.32 Å². The minimum absolute atomic E-state index is 0.348. The number of nitro benzene ring substituents is 1. The minimum Gasteiger partial charge on any atom is -0.394 e. The fourth-order valence-corrected chi connectivity index (χ4v) is 1.43. The molecule has 0 spiro atoms. The number of aliphatic hydroxyl groups excluding tert-OH is 1. The first-order chi connectivity index (χ1) is 8.92. The molecular formula is C11H12F2N2O4. The van der Waals surface area contributed by atoms with Gasteiger partial charge in [-0.25, -0.2) is 4.39 Å². The van der Waals surface area contributed by atoms with Gasteiger partial charge in [-0.1, -0.05) is 6.92 Å². The SMILES string of the molecule is CCC(CO)NC(=O)c1c(F)ccc([N+](=O)[O-])c1F. The Bertz CT molecular complexity index is 504. The van der Waals surface area contributed by atoms with Crippen LogP contribution in [0.1, 0.15) is 23.7 Å². The van der Waals surface area contributed by atoms with E-state index in [9.17, 15) is 23.7 Å². The Kier molecular flexibility index (Phi) is 4.87. The molecule has 6 nitrogen and oxygen atoms in total. The largest absolute Gasteiger partial charge is 0.394 e. The summed E-state index contributed by atoms with van der Waals surface area (Å²) in [5.41, 5.74) is -2.01. The van der Waals surface area contributed by atoms with Gasteiger partial charge in [0.25, 0.3) is 5.91 Å². The second-order valence-electron chi connectivity index (χ2n) is 3.77. The van der Waals surface area contributed by atoms with Crippen LogP contribution in [0.3, 0.4) is 0 Å². The Morgan fingerprint density at radius 3 is 2.63 bits per heavy atom. The predicted octanol–water partition coefficient (Wildman–Crippen LogP) is 1.37. The lowest BCUT2D eigenvalue weighted by Gasteiger charge is -2.14. The molecule has 0 radical (unpaired) electrons. The summed E-state index contributed by atoms with van der Waals surface area (Å²) in [7, 11) is 0. The number of nitrogens with one attached hydrogen (secondary N) is 1. The van der Waals surface area contributed by atoms with E-state index in [0.29, 0.717) is 18.6 Å². The Morgan fingerprint density at radius 2 is 2.16 bits per heavy atom. The number of nitro groups is 1. The van der Waals surface area contributed by atoms with Crippen molar-refractivity contribution in [2.24, 2.45) is 0 Å². The molecule has 0 saturated heterocycles. The average molecular weight is 274 g/mol. The van der Waals surface area contributed by atoms with E-state index < -0.39 is 46.4 Å². The Morgan fingerprint density at radius 1 is 1.53 bits per heavy atom. The highest BCUT2D eigenvalue weighted by Gasteiger charge is 2.27. The van der Waals surface area contributed by atoms with E-state index in [1.807, 2.05) is 0 Å². The van der Waals surface area contributed by atoms with Crippen molar-refractivity contribution in [3.63, 3.8) is 0 Å². The summed E-state index contributed by atoms with van der Waals surface area (Å²) in [6.07, 6.45) is 0.348. The number of rotatable bonds is 5. The molecule has 0 aliphatic rings. The number of benzene rings is 1. The normalized spacial score (nSPS) is 12.0. The lowest BCUT2D eigenvalue weighted by atomic mass is 10.1. The van der Waals surface area contributed by atoms with Gasteiger partial charge in [-0.15, -0.1) is 0 Å². The van der Waals surface area contributed by atoms with Crippen molar-refractivity contribution >= 4 is 11.6 Å². The minimum atomic E-state index is -1.53. The number of nitrogens with zero attached hydrogens (tertiary/aromatic N) is 1. The fraction of sp³-hybridized carbons (Fsp3) is 0.364. The Balaban J connectivity index is 3.15. The van der Waals surface area contributed by atoms with Gasteiger partial charge in [0.2, 0.25) is 5.82 Å². The molecule has 19 heavy (non-hydrogen) atoms. The van der Waals surface area contributed by atoms with Crippen molar-refractivity contribution in [3.8, 4) is 0 Å². The van der Waals surface area contributed by atoms with Crippen LogP contribution in [-0.4, -0.2) is 28.6 Å². The van der Waals surface area contributed by atoms with Gasteiger partial charge >= 0.3 is 5.69 Å². The van der Waals surface area contributed by atoms with Gasteiger partial charge in [0.1, 0.15) is 11.4 Å². The first-order valence-corrected chi connectivity index (χ1v) is 5.46. The van der Waals surface area contributed by atoms with Crippen LogP contribution in [0.5, 0.6) is 0 Å². The summed E-state index contributed by atoms with van der Waals surface area (Å²) < 4.78 is 27.1. The zero-order valence-corrected chi connectivity index (χ0v) is 10.0. The highest BCUT2D eigenvalue weighted by atomic mass is 19.1. The third kappa shape index (κ3) is 3.22. The Labute approximate surface area is 107 Å². The summed E-state index contributed by atoms with van der Waals surface area (Å²) in [6, 6.07) is 0.617. The number of hydrogen-bond acceptors (Lipinski definition) is 4. The number of amides is 1. The molecule has 8 heteroatoms. The third-order valence-electron chi connectivity index (χ3n) is 2.54. The predicted molar refractivity (Wildman–Crippen MR) is 61.6 cm³/mol. The number of halogens is 2. The molecule has 0 aromatic heterocycles. The molecule has 0 saturated carbocycles. The van der Waals surface area contributed by atoms with E-state index in [-0.39, 0.29) is 0 Å². The Hall–Kier alpha value is -2.09. The van der Waals surface area contributed by atoms with E-state index in [1.165, 1.54) is 0 Å². The lowest BCUT2D eigenvalue weighted by Crippen LogP contribution is -2.37. The van der Waals surface area contributed by atoms with Gasteiger partial charge in [-0.2, -0.15) is 4.39 Å². The molecule has 1 unspecified atom stereocenters. The van der Waals surface area contributed by atoms with E-state index in [1.54, 1.807) is 6.92 Å². The molecule has 0 bridgehead atoms. The molecule has 104 valence electrons. The topological polar surface area (TPSA) is 92.5 Å². The number of carbonyl (C=O) groups excluding carboxylic acids is 1. The monoisotopic (exact) mass is 274 g/mol. The number of hydrogen-bond donors (Lipinski definition) is 2. The van der Waals surface area contributed by atoms with E-state index in [2.05, 4.69) is 5.32 Å². The lowest BCUT2D eigenvalue weighted by molar-refractivity contribution is -0.387. The van der Waals surface area contributed by atoms with Crippen molar-refractivity contribution in [2.45, 2.75) is 19.4 Å². The molecule has 1 aromatic carbocycles. The molecule has 0 aliphatic heterocycles. The van der Waals surface area contributed by atoms with Crippen LogP contribution in [0.4, 0.5) is 14.5 Å². The maximum atomic E-state index is 13.7. The van der Waals surface area contributed by atoms with Crippen LogP contribution in [0, 0.1) is 21.7 Å². The highest BCUT2D eigenvalue weighted by molar-refractivity contribution is 5.95. The molecule has 0 aliphatic carbocycles. The van der Waals surface area contributed by atoms with Gasteiger partial charge in [-0.05, 0) is 12.5 Å². The second-order valence-corrected chi connectivity index (χ2v) is 3.77. The maximum absolute atomic E-state index is 13.7. The molecule has 1 atom stereocenters. The quantitative estimate of drug-likeness (QED) is 0.626. The van der Waals surface area contributed by atoms with E-state index >= 15 is 0 Å². The van der Waals surface area contributed by atoms with Crippen LogP contribution in [0.15, 0.2) is 12.1 Å². The van der Waals surface area contributed by atoms with Gasteiger partial charge in [0.15, 0.2) is 0 Å². The molecule has 2 N–H and O–H groups in total. The smallest absolute Gasteiger partial charge is 0.305 e. The van der Waals surface area contributed by atoms with Crippen molar-refractivity contribution < 1.29 is 23.6 Å². The number of carbonyl (C=O) groups is 1. The van der Waals surface area contributed by atoms with Crippen LogP contribution >= 0.6 is 0 Å². The third-order valence-corrected chi connectivity index (χ3v) is 2.54. The second kappa shape index (κ2) is 6.19. The summed E-state index contributed by atoms with van der Waals surface area (Å²) >= 11 is 0. The summed E-state index contributed by atoms with van der Waals surface area (Å²) in [5.74, 6) is -3.87. The van der Waals surface area contributed by atoms with Crippen LogP contribution in [0.25, 0.3) is 0 Å². The molecule has 0 heterocycles. The average Bonchev–Trinajstić information content (AvgIpc) is 2.35. The fourth-order valence-electron chi connectivity index (χ4n) is 1.43. The van der Waals surface area contributed by atoms with Crippen LogP contribution in [-0.2, 0) is 0 Å². The van der Waals surface area contributed by atoms with Crippen molar-refractivity contribution in [3.05, 3.63) is 39.4 Å². The van der Waals surface area contributed by atoms with Gasteiger partial charge in [-0.3, -0.25) is 14.9 Å². The van der Waals surface area contributed by atoms with Crippen LogP contribution < -0.4 is 5.32 Å². The molecule has 0 fully saturated rings. The standard InChI is InChI=1S/C11H12F2N2O4/c1-2-6(5-16)14-11(17)9-7(12)3-4-8(10(9)13)15(18)19/h3-4,6,16H,2,5H2,1H3,(H,14,17). The first kappa shape index (κ1) is 15.0. The van der Waals surface area contributed by atoms with Crippen molar-refractivity contribution in [2.75, 3.05) is 6.61 Å². The van der Waals surface area contributed by atoms with Gasteiger partial charge in [0, 0.05) is 6.07 Å². The summed E-state index contributed by atoms with van der Waals surface area (Å²) in [6.45, 7) is 1.25. The highest BCUT2D eigenvalue weighted by Crippen LogP contribution is 2.23. The first-order valence-electron chi connectivity index (χ1n) is 5.46. The summed E-state index contributed by atoms with van der Waals surface area (Å²) in [4.78, 5) is 21.1. The van der Waals surface area contributed by atoms with Gasteiger partial charge in [0.05, 0.1) is 17.6 Å². The van der Waals surface area contributed by atoms with Crippen molar-refractivity contribution in [1.29, 1.82) is 0 Å². The zero-order chi connectivity index (χ0) is 14.6. The molecule has 1 amide bonds.